The van der Waals surface area contributed by atoms with E-state index in [4.69, 9.17) is 5.11 Å². The van der Waals surface area contributed by atoms with Gasteiger partial charge in [-0.05, 0) is 37.3 Å². The molecule has 108 valence electrons. The number of amides is 1. The van der Waals surface area contributed by atoms with E-state index < -0.39 is 5.97 Å². The number of hydrogen-bond acceptors (Lipinski definition) is 3. The van der Waals surface area contributed by atoms with Crippen molar-refractivity contribution in [2.45, 2.75) is 32.6 Å². The SMILES string of the molecule is CCC1CCC(C(=O)Nc2cccc(O)c2C(=O)O)C1. The largest absolute Gasteiger partial charge is 0.507 e. The number of aromatic carboxylic acids is 1. The summed E-state index contributed by atoms with van der Waals surface area (Å²) in [7, 11) is 0. The first-order chi connectivity index (χ1) is 9.52. The van der Waals surface area contributed by atoms with Gasteiger partial charge in [0.1, 0.15) is 11.3 Å². The normalized spacial score (nSPS) is 21.6. The summed E-state index contributed by atoms with van der Waals surface area (Å²) in [5, 5.41) is 21.3. The van der Waals surface area contributed by atoms with Crippen molar-refractivity contribution < 1.29 is 19.8 Å². The highest BCUT2D eigenvalue weighted by Gasteiger charge is 2.29. The third-order valence-corrected chi connectivity index (χ3v) is 4.00. The number of phenols is 1. The topological polar surface area (TPSA) is 86.6 Å². The number of carboxylic acid groups (broad SMARTS) is 1. The number of carboxylic acids is 1. The number of carbonyl (C=O) groups is 2. The molecule has 1 aromatic rings. The highest BCUT2D eigenvalue weighted by atomic mass is 16.4. The number of hydrogen-bond donors (Lipinski definition) is 3. The molecule has 2 rings (SSSR count). The maximum absolute atomic E-state index is 12.2. The minimum Gasteiger partial charge on any atom is -0.507 e. The summed E-state index contributed by atoms with van der Waals surface area (Å²) >= 11 is 0. The summed E-state index contributed by atoms with van der Waals surface area (Å²) < 4.78 is 0. The summed E-state index contributed by atoms with van der Waals surface area (Å²) in [6.45, 7) is 2.11. The molecule has 1 amide bonds. The first kappa shape index (κ1) is 14.4. The van der Waals surface area contributed by atoms with Crippen LogP contribution >= 0.6 is 0 Å². The zero-order valence-electron chi connectivity index (χ0n) is 11.4. The average molecular weight is 277 g/mol. The number of carbonyl (C=O) groups excluding carboxylic acids is 1. The third-order valence-electron chi connectivity index (χ3n) is 4.00. The smallest absolute Gasteiger partial charge is 0.341 e. The molecule has 1 fully saturated rings. The van der Waals surface area contributed by atoms with Gasteiger partial charge in [-0.15, -0.1) is 0 Å². The highest BCUT2D eigenvalue weighted by molar-refractivity contribution is 6.03. The molecule has 0 aliphatic heterocycles. The molecule has 1 saturated carbocycles. The molecule has 1 aliphatic rings. The van der Waals surface area contributed by atoms with Gasteiger partial charge in [0.25, 0.3) is 0 Å². The second kappa shape index (κ2) is 5.94. The molecule has 0 aromatic heterocycles. The van der Waals surface area contributed by atoms with E-state index in [1.807, 2.05) is 0 Å². The summed E-state index contributed by atoms with van der Waals surface area (Å²) in [6.07, 6.45) is 3.80. The van der Waals surface area contributed by atoms with Crippen LogP contribution in [-0.4, -0.2) is 22.1 Å². The van der Waals surface area contributed by atoms with Gasteiger partial charge in [-0.2, -0.15) is 0 Å². The van der Waals surface area contributed by atoms with Crippen molar-refractivity contribution in [3.05, 3.63) is 23.8 Å². The Kier molecular flexibility index (Phi) is 4.27. The Bertz CT molecular complexity index is 527. The molecule has 5 nitrogen and oxygen atoms in total. The summed E-state index contributed by atoms with van der Waals surface area (Å²) in [5.41, 5.74) is -0.103. The van der Waals surface area contributed by atoms with E-state index in [9.17, 15) is 14.7 Å². The van der Waals surface area contributed by atoms with Crippen molar-refractivity contribution in [3.63, 3.8) is 0 Å². The number of anilines is 1. The quantitative estimate of drug-likeness (QED) is 0.789. The standard InChI is InChI=1S/C15H19NO4/c1-2-9-6-7-10(8-9)14(18)16-11-4-3-5-12(17)13(11)15(19)20/h3-5,9-10,17H,2,6-8H2,1H3,(H,16,18)(H,19,20). The lowest BCUT2D eigenvalue weighted by Crippen LogP contribution is -2.22. The fourth-order valence-electron chi connectivity index (χ4n) is 2.79. The first-order valence-corrected chi connectivity index (χ1v) is 6.89. The van der Waals surface area contributed by atoms with Gasteiger partial charge in [-0.1, -0.05) is 19.4 Å². The van der Waals surface area contributed by atoms with Gasteiger partial charge in [0.15, 0.2) is 0 Å². The van der Waals surface area contributed by atoms with E-state index in [0.717, 1.165) is 25.7 Å². The number of aromatic hydroxyl groups is 1. The van der Waals surface area contributed by atoms with Crippen LogP contribution in [0.3, 0.4) is 0 Å². The van der Waals surface area contributed by atoms with E-state index in [0.29, 0.717) is 5.92 Å². The Hall–Kier alpha value is -2.04. The van der Waals surface area contributed by atoms with Crippen molar-refractivity contribution in [2.75, 3.05) is 5.32 Å². The Balaban J connectivity index is 2.13. The molecule has 0 spiro atoms. The molecule has 0 bridgehead atoms. The Morgan fingerprint density at radius 3 is 2.70 bits per heavy atom. The van der Waals surface area contributed by atoms with Crippen molar-refractivity contribution in [3.8, 4) is 5.75 Å². The lowest BCUT2D eigenvalue weighted by molar-refractivity contribution is -0.119. The number of nitrogens with one attached hydrogen (secondary N) is 1. The van der Waals surface area contributed by atoms with Gasteiger partial charge in [0.2, 0.25) is 5.91 Å². The molecule has 0 heterocycles. The maximum atomic E-state index is 12.2. The number of rotatable bonds is 4. The van der Waals surface area contributed by atoms with E-state index in [2.05, 4.69) is 12.2 Å². The molecular weight excluding hydrogens is 258 g/mol. The molecule has 1 aromatic carbocycles. The summed E-state index contributed by atoms with van der Waals surface area (Å²) in [5.74, 6) is -1.24. The van der Waals surface area contributed by atoms with Crippen LogP contribution in [0.15, 0.2) is 18.2 Å². The Labute approximate surface area is 117 Å². The van der Waals surface area contributed by atoms with E-state index in [1.165, 1.54) is 18.2 Å². The van der Waals surface area contributed by atoms with Gasteiger partial charge in [-0.25, -0.2) is 4.79 Å². The van der Waals surface area contributed by atoms with Crippen LogP contribution < -0.4 is 5.32 Å². The fraction of sp³-hybridized carbons (Fsp3) is 0.467. The van der Waals surface area contributed by atoms with Gasteiger partial charge >= 0.3 is 5.97 Å². The molecule has 0 saturated heterocycles. The van der Waals surface area contributed by atoms with Gasteiger partial charge in [0, 0.05) is 5.92 Å². The Morgan fingerprint density at radius 2 is 2.10 bits per heavy atom. The highest BCUT2D eigenvalue weighted by Crippen LogP contribution is 2.34. The van der Waals surface area contributed by atoms with Gasteiger partial charge in [-0.3, -0.25) is 4.79 Å². The maximum Gasteiger partial charge on any atom is 0.341 e. The first-order valence-electron chi connectivity index (χ1n) is 6.89. The zero-order valence-corrected chi connectivity index (χ0v) is 11.4. The zero-order chi connectivity index (χ0) is 14.7. The molecule has 0 radical (unpaired) electrons. The average Bonchev–Trinajstić information content (AvgIpc) is 2.87. The van der Waals surface area contributed by atoms with E-state index in [1.54, 1.807) is 0 Å². The van der Waals surface area contributed by atoms with Crippen LogP contribution in [0, 0.1) is 11.8 Å². The van der Waals surface area contributed by atoms with Gasteiger partial charge < -0.3 is 15.5 Å². The fourth-order valence-corrected chi connectivity index (χ4v) is 2.79. The predicted molar refractivity (Wildman–Crippen MR) is 74.8 cm³/mol. The van der Waals surface area contributed by atoms with Crippen LogP contribution in [0.4, 0.5) is 5.69 Å². The minimum atomic E-state index is -1.25. The minimum absolute atomic E-state index is 0.0658. The second-order valence-corrected chi connectivity index (χ2v) is 5.28. The third kappa shape index (κ3) is 2.92. The van der Waals surface area contributed by atoms with Crippen LogP contribution in [0.1, 0.15) is 43.0 Å². The lowest BCUT2D eigenvalue weighted by Gasteiger charge is -2.13. The van der Waals surface area contributed by atoms with E-state index in [-0.39, 0.29) is 28.8 Å². The van der Waals surface area contributed by atoms with Crippen LogP contribution in [0.25, 0.3) is 0 Å². The molecule has 2 atom stereocenters. The van der Waals surface area contributed by atoms with Crippen LogP contribution in [0.5, 0.6) is 5.75 Å². The summed E-state index contributed by atoms with van der Waals surface area (Å²) in [6, 6.07) is 4.30. The molecule has 3 N–H and O–H groups in total. The van der Waals surface area contributed by atoms with E-state index >= 15 is 0 Å². The predicted octanol–water partition coefficient (Wildman–Crippen LogP) is 2.86. The number of benzene rings is 1. The van der Waals surface area contributed by atoms with Crippen molar-refractivity contribution >= 4 is 17.6 Å². The second-order valence-electron chi connectivity index (χ2n) is 5.28. The molecule has 1 aliphatic carbocycles. The van der Waals surface area contributed by atoms with Crippen molar-refractivity contribution in [2.24, 2.45) is 11.8 Å². The van der Waals surface area contributed by atoms with Crippen LogP contribution in [-0.2, 0) is 4.79 Å². The van der Waals surface area contributed by atoms with Crippen LogP contribution in [0.2, 0.25) is 0 Å². The monoisotopic (exact) mass is 277 g/mol. The summed E-state index contributed by atoms with van der Waals surface area (Å²) in [4.78, 5) is 23.3. The molecule has 20 heavy (non-hydrogen) atoms. The van der Waals surface area contributed by atoms with Crippen molar-refractivity contribution in [1.82, 2.24) is 0 Å². The lowest BCUT2D eigenvalue weighted by atomic mass is 10.0. The van der Waals surface area contributed by atoms with Gasteiger partial charge in [0.05, 0.1) is 5.69 Å². The molecule has 5 heteroatoms. The Morgan fingerprint density at radius 1 is 1.35 bits per heavy atom. The molecule has 2 unspecified atom stereocenters. The molecular formula is C15H19NO4. The van der Waals surface area contributed by atoms with Crippen molar-refractivity contribution in [1.29, 1.82) is 0 Å².